The van der Waals surface area contributed by atoms with E-state index in [4.69, 9.17) is 9.26 Å². The van der Waals surface area contributed by atoms with Crippen LogP contribution in [0.5, 0.6) is 5.75 Å². The lowest BCUT2D eigenvalue weighted by Crippen LogP contribution is -2.36. The van der Waals surface area contributed by atoms with Gasteiger partial charge in [-0.1, -0.05) is 18.2 Å². The smallest absolute Gasteiger partial charge is 0.387 e. The van der Waals surface area contributed by atoms with Crippen molar-refractivity contribution in [1.29, 1.82) is 0 Å². The molecule has 0 N–H and O–H groups in total. The quantitative estimate of drug-likeness (QED) is 0.440. The number of ether oxygens (including phenoxy) is 2. The minimum absolute atomic E-state index is 0.0602. The number of morpholine rings is 1. The number of alkyl halides is 2. The standard InChI is InChI=1S/C22H21F2N5O4/c1-27-20(30)16-7-6-14(19-25-22(26-33-19)28-8-10-31-11-9-28)12-17(16)29(27)13-15-4-2-3-5-18(15)32-21(23)24/h2-7,12,21H,8-11,13H2,1H3. The maximum absolute atomic E-state index is 12.8. The third-order valence-electron chi connectivity index (χ3n) is 5.63. The monoisotopic (exact) mass is 457 g/mol. The fourth-order valence-corrected chi connectivity index (χ4v) is 3.93. The van der Waals surface area contributed by atoms with Crippen LogP contribution in [-0.2, 0) is 18.3 Å². The Balaban J connectivity index is 1.52. The average Bonchev–Trinajstić information content (AvgIpc) is 3.40. The van der Waals surface area contributed by atoms with Gasteiger partial charge in [0.1, 0.15) is 5.75 Å². The molecule has 0 spiro atoms. The van der Waals surface area contributed by atoms with Gasteiger partial charge in [-0.05, 0) is 29.4 Å². The van der Waals surface area contributed by atoms with Crippen LogP contribution in [0.25, 0.3) is 22.4 Å². The van der Waals surface area contributed by atoms with Crippen molar-refractivity contribution in [3.63, 3.8) is 0 Å². The summed E-state index contributed by atoms with van der Waals surface area (Å²) in [5, 5.41) is 4.56. The Hall–Kier alpha value is -3.73. The highest BCUT2D eigenvalue weighted by Crippen LogP contribution is 2.26. The summed E-state index contributed by atoms with van der Waals surface area (Å²) in [6.45, 7) is -0.232. The Morgan fingerprint density at radius 3 is 2.73 bits per heavy atom. The predicted molar refractivity (Wildman–Crippen MR) is 116 cm³/mol. The number of nitrogens with zero attached hydrogens (tertiary/aromatic N) is 5. The van der Waals surface area contributed by atoms with Gasteiger partial charge in [0, 0.05) is 31.3 Å². The Bertz CT molecular complexity index is 1340. The van der Waals surface area contributed by atoms with Gasteiger partial charge in [0.25, 0.3) is 17.4 Å². The molecule has 1 saturated heterocycles. The van der Waals surface area contributed by atoms with E-state index in [9.17, 15) is 13.6 Å². The number of anilines is 1. The molecule has 33 heavy (non-hydrogen) atoms. The van der Waals surface area contributed by atoms with Crippen molar-refractivity contribution in [1.82, 2.24) is 19.5 Å². The Labute approximate surface area is 186 Å². The van der Waals surface area contributed by atoms with Gasteiger partial charge in [-0.15, -0.1) is 0 Å². The fraction of sp³-hybridized carbons (Fsp3) is 0.318. The summed E-state index contributed by atoms with van der Waals surface area (Å²) in [6.07, 6.45) is 0. The van der Waals surface area contributed by atoms with Crippen LogP contribution in [0.2, 0.25) is 0 Å². The molecular formula is C22H21F2N5O4. The van der Waals surface area contributed by atoms with Gasteiger partial charge in [-0.25, -0.2) is 0 Å². The molecule has 0 amide bonds. The first kappa shape index (κ1) is 21.1. The molecule has 2 aromatic heterocycles. The zero-order valence-corrected chi connectivity index (χ0v) is 17.8. The van der Waals surface area contributed by atoms with Crippen LogP contribution in [0.1, 0.15) is 5.56 Å². The van der Waals surface area contributed by atoms with Gasteiger partial charge in [0.05, 0.1) is 30.7 Å². The first-order valence-electron chi connectivity index (χ1n) is 10.4. The minimum atomic E-state index is -2.94. The second-order valence-corrected chi connectivity index (χ2v) is 7.60. The van der Waals surface area contributed by atoms with E-state index in [0.717, 1.165) is 0 Å². The van der Waals surface area contributed by atoms with Gasteiger partial charge in [0.15, 0.2) is 0 Å². The number of rotatable bonds is 6. The molecule has 5 rings (SSSR count). The number of para-hydroxylation sites is 1. The number of benzene rings is 2. The van der Waals surface area contributed by atoms with E-state index in [-0.39, 0.29) is 17.9 Å². The molecule has 9 nitrogen and oxygen atoms in total. The van der Waals surface area contributed by atoms with Crippen LogP contribution >= 0.6 is 0 Å². The number of aromatic nitrogens is 4. The van der Waals surface area contributed by atoms with Gasteiger partial charge in [-0.2, -0.15) is 13.8 Å². The average molecular weight is 457 g/mol. The lowest BCUT2D eigenvalue weighted by molar-refractivity contribution is -0.0505. The van der Waals surface area contributed by atoms with E-state index < -0.39 is 6.61 Å². The van der Waals surface area contributed by atoms with Crippen LogP contribution < -0.4 is 15.2 Å². The molecule has 3 heterocycles. The highest BCUT2D eigenvalue weighted by atomic mass is 19.3. The summed E-state index contributed by atoms with van der Waals surface area (Å²) >= 11 is 0. The molecular weight excluding hydrogens is 436 g/mol. The van der Waals surface area contributed by atoms with Crippen LogP contribution in [0.15, 0.2) is 51.8 Å². The first-order chi connectivity index (χ1) is 16.0. The third kappa shape index (κ3) is 4.07. The van der Waals surface area contributed by atoms with E-state index in [1.54, 1.807) is 48.1 Å². The number of hydrogen-bond donors (Lipinski definition) is 0. The van der Waals surface area contributed by atoms with Crippen molar-refractivity contribution in [2.75, 3.05) is 31.2 Å². The molecule has 2 aromatic carbocycles. The minimum Gasteiger partial charge on any atom is -0.434 e. The Kier molecular flexibility index (Phi) is 5.55. The molecule has 0 saturated carbocycles. The van der Waals surface area contributed by atoms with E-state index >= 15 is 0 Å². The van der Waals surface area contributed by atoms with Crippen molar-refractivity contribution in [2.45, 2.75) is 13.2 Å². The topological polar surface area (TPSA) is 87.5 Å². The number of halogens is 2. The zero-order chi connectivity index (χ0) is 22.9. The molecule has 0 aliphatic carbocycles. The summed E-state index contributed by atoms with van der Waals surface area (Å²) in [5.41, 5.74) is 1.57. The molecule has 0 bridgehead atoms. The molecule has 0 unspecified atom stereocenters. The van der Waals surface area contributed by atoms with Crippen molar-refractivity contribution in [3.05, 3.63) is 58.4 Å². The SMILES string of the molecule is Cn1c(=O)c2ccc(-c3nc(N4CCOCC4)no3)cc2n1Cc1ccccc1OC(F)F. The fourth-order valence-electron chi connectivity index (χ4n) is 3.93. The van der Waals surface area contributed by atoms with Crippen molar-refractivity contribution in [2.24, 2.45) is 7.05 Å². The number of hydrogen-bond acceptors (Lipinski definition) is 7. The van der Waals surface area contributed by atoms with E-state index in [1.807, 2.05) is 4.90 Å². The molecule has 0 atom stereocenters. The van der Waals surface area contributed by atoms with Crippen molar-refractivity contribution < 1.29 is 22.8 Å². The lowest BCUT2D eigenvalue weighted by Gasteiger charge is -2.24. The molecule has 11 heteroatoms. The highest BCUT2D eigenvalue weighted by Gasteiger charge is 2.20. The van der Waals surface area contributed by atoms with E-state index in [0.29, 0.717) is 60.2 Å². The second kappa shape index (κ2) is 8.66. The van der Waals surface area contributed by atoms with Crippen LogP contribution in [0.3, 0.4) is 0 Å². The molecule has 1 fully saturated rings. The van der Waals surface area contributed by atoms with Gasteiger partial charge >= 0.3 is 6.61 Å². The summed E-state index contributed by atoms with van der Waals surface area (Å²) in [4.78, 5) is 19.3. The largest absolute Gasteiger partial charge is 0.434 e. The molecule has 4 aromatic rings. The van der Waals surface area contributed by atoms with Crippen molar-refractivity contribution in [3.8, 4) is 17.2 Å². The summed E-state index contributed by atoms with van der Waals surface area (Å²) in [5.74, 6) is 0.865. The molecule has 1 aliphatic heterocycles. The zero-order valence-electron chi connectivity index (χ0n) is 17.8. The summed E-state index contributed by atoms with van der Waals surface area (Å²) in [6, 6.07) is 11.7. The Morgan fingerprint density at radius 2 is 1.94 bits per heavy atom. The van der Waals surface area contributed by atoms with E-state index in [1.165, 1.54) is 10.7 Å². The summed E-state index contributed by atoms with van der Waals surface area (Å²) < 4.78 is 44.3. The number of fused-ring (bicyclic) bond motifs is 1. The maximum atomic E-state index is 12.8. The van der Waals surface area contributed by atoms with Crippen molar-refractivity contribution >= 4 is 16.9 Å². The normalized spacial score (nSPS) is 14.4. The lowest BCUT2D eigenvalue weighted by atomic mass is 10.1. The van der Waals surface area contributed by atoms with Gasteiger partial charge in [0.2, 0.25) is 0 Å². The molecule has 172 valence electrons. The highest BCUT2D eigenvalue weighted by molar-refractivity contribution is 5.83. The summed E-state index contributed by atoms with van der Waals surface area (Å²) in [7, 11) is 1.63. The first-order valence-corrected chi connectivity index (χ1v) is 10.4. The predicted octanol–water partition coefficient (Wildman–Crippen LogP) is 2.88. The maximum Gasteiger partial charge on any atom is 0.387 e. The molecule has 1 aliphatic rings. The van der Waals surface area contributed by atoms with Crippen LogP contribution in [0, 0.1) is 0 Å². The van der Waals surface area contributed by atoms with Gasteiger partial charge < -0.3 is 18.9 Å². The third-order valence-corrected chi connectivity index (χ3v) is 5.63. The molecule has 0 radical (unpaired) electrons. The second-order valence-electron chi connectivity index (χ2n) is 7.60. The van der Waals surface area contributed by atoms with Crippen LogP contribution in [-0.4, -0.2) is 52.4 Å². The van der Waals surface area contributed by atoms with E-state index in [2.05, 4.69) is 14.9 Å². The van der Waals surface area contributed by atoms with Gasteiger partial charge in [-0.3, -0.25) is 14.2 Å². The Morgan fingerprint density at radius 1 is 1.15 bits per heavy atom. The van der Waals surface area contributed by atoms with Crippen LogP contribution in [0.4, 0.5) is 14.7 Å².